The van der Waals surface area contributed by atoms with E-state index >= 15 is 0 Å². The molecular formula is C14H20N2O6. The Morgan fingerprint density at radius 2 is 2.14 bits per heavy atom. The van der Waals surface area contributed by atoms with Gasteiger partial charge >= 0.3 is 5.97 Å². The normalized spacial score (nSPS) is 14.7. The van der Waals surface area contributed by atoms with Crippen molar-refractivity contribution >= 4 is 17.8 Å². The summed E-state index contributed by atoms with van der Waals surface area (Å²) in [4.78, 5) is 34.8. The van der Waals surface area contributed by atoms with Gasteiger partial charge in [0.25, 0.3) is 5.91 Å². The molecular weight excluding hydrogens is 292 g/mol. The van der Waals surface area contributed by atoms with E-state index in [1.54, 1.807) is 6.92 Å². The molecule has 0 aliphatic carbocycles. The topological polar surface area (TPSA) is 118 Å². The lowest BCUT2D eigenvalue weighted by Crippen LogP contribution is -2.56. The van der Waals surface area contributed by atoms with E-state index in [0.29, 0.717) is 5.56 Å². The van der Waals surface area contributed by atoms with E-state index in [-0.39, 0.29) is 13.0 Å². The van der Waals surface area contributed by atoms with E-state index in [4.69, 9.17) is 14.3 Å². The highest BCUT2D eigenvalue weighted by Crippen LogP contribution is 2.11. The predicted octanol–water partition coefficient (Wildman–Crippen LogP) is 0.394. The van der Waals surface area contributed by atoms with Crippen molar-refractivity contribution in [2.24, 2.45) is 0 Å². The van der Waals surface area contributed by atoms with Gasteiger partial charge in [0.15, 0.2) is 0 Å². The van der Waals surface area contributed by atoms with Crippen molar-refractivity contribution in [3.63, 3.8) is 0 Å². The van der Waals surface area contributed by atoms with Gasteiger partial charge in [0.2, 0.25) is 5.91 Å². The van der Waals surface area contributed by atoms with Crippen LogP contribution in [0, 0.1) is 0 Å². The Hall–Kier alpha value is -2.35. The molecule has 1 rings (SSSR count). The molecule has 0 bridgehead atoms. The molecule has 0 aliphatic rings. The highest BCUT2D eigenvalue weighted by Gasteiger charge is 2.31. The molecule has 3 N–H and O–H groups in total. The fourth-order valence-corrected chi connectivity index (χ4v) is 1.93. The molecule has 2 amide bonds. The highest BCUT2D eigenvalue weighted by molar-refractivity contribution is 5.97. The first kappa shape index (κ1) is 17.7. The minimum atomic E-state index is -1.06. The van der Waals surface area contributed by atoms with Crippen molar-refractivity contribution in [3.05, 3.63) is 24.2 Å². The van der Waals surface area contributed by atoms with Gasteiger partial charge in [-0.25, -0.2) is 0 Å². The lowest BCUT2D eigenvalue weighted by atomic mass is 9.98. The number of ether oxygens (including phenoxy) is 1. The quantitative estimate of drug-likeness (QED) is 0.639. The Kier molecular flexibility index (Phi) is 6.11. The van der Waals surface area contributed by atoms with E-state index < -0.39 is 29.4 Å². The second-order valence-corrected chi connectivity index (χ2v) is 5.26. The predicted molar refractivity (Wildman–Crippen MR) is 76.3 cm³/mol. The molecule has 122 valence electrons. The van der Waals surface area contributed by atoms with Crippen molar-refractivity contribution in [2.45, 2.75) is 31.8 Å². The van der Waals surface area contributed by atoms with E-state index in [1.165, 1.54) is 32.6 Å². The number of carboxylic acids is 1. The fourth-order valence-electron chi connectivity index (χ4n) is 1.93. The summed E-state index contributed by atoms with van der Waals surface area (Å²) in [5.41, 5.74) is -0.767. The zero-order valence-electron chi connectivity index (χ0n) is 12.7. The van der Waals surface area contributed by atoms with E-state index in [0.717, 1.165) is 0 Å². The van der Waals surface area contributed by atoms with Crippen LogP contribution in [0.15, 0.2) is 23.0 Å². The first-order chi connectivity index (χ1) is 10.3. The molecule has 0 aromatic carbocycles. The lowest BCUT2D eigenvalue weighted by molar-refractivity contribution is -0.139. The third kappa shape index (κ3) is 5.21. The summed E-state index contributed by atoms with van der Waals surface area (Å²) in [6, 6.07) is 0.631. The number of furan rings is 1. The molecule has 0 saturated carbocycles. The second-order valence-electron chi connectivity index (χ2n) is 5.26. The maximum Gasteiger partial charge on any atom is 0.305 e. The van der Waals surface area contributed by atoms with Crippen molar-refractivity contribution < 1.29 is 28.6 Å². The van der Waals surface area contributed by atoms with Gasteiger partial charge < -0.3 is 24.9 Å². The maximum absolute atomic E-state index is 12.1. The van der Waals surface area contributed by atoms with Crippen molar-refractivity contribution in [1.29, 1.82) is 0 Å². The first-order valence-electron chi connectivity index (χ1n) is 6.63. The summed E-state index contributed by atoms with van der Waals surface area (Å²) in [5, 5.41) is 14.0. The first-order valence-corrected chi connectivity index (χ1v) is 6.63. The molecule has 0 radical (unpaired) electrons. The zero-order valence-corrected chi connectivity index (χ0v) is 12.7. The SMILES string of the molecule is COCC(C)(CC(=O)O)NC(=O)C(C)NC(=O)c1ccoc1. The van der Waals surface area contributed by atoms with Crippen molar-refractivity contribution in [2.75, 3.05) is 13.7 Å². The maximum atomic E-state index is 12.1. The van der Waals surface area contributed by atoms with Crippen LogP contribution < -0.4 is 10.6 Å². The summed E-state index contributed by atoms with van der Waals surface area (Å²) >= 11 is 0. The van der Waals surface area contributed by atoms with Crippen LogP contribution in [0.5, 0.6) is 0 Å². The van der Waals surface area contributed by atoms with E-state index in [9.17, 15) is 14.4 Å². The average molecular weight is 312 g/mol. The van der Waals surface area contributed by atoms with Crippen LogP contribution in [0.1, 0.15) is 30.6 Å². The van der Waals surface area contributed by atoms with Gasteiger partial charge in [-0.15, -0.1) is 0 Å². The minimum Gasteiger partial charge on any atom is -0.481 e. The van der Waals surface area contributed by atoms with Crippen molar-refractivity contribution in [3.8, 4) is 0 Å². The van der Waals surface area contributed by atoms with Crippen LogP contribution in [-0.2, 0) is 14.3 Å². The molecule has 0 saturated heterocycles. The monoisotopic (exact) mass is 312 g/mol. The van der Waals surface area contributed by atoms with Gasteiger partial charge in [-0.05, 0) is 19.9 Å². The Labute approximate surface area is 127 Å². The number of amides is 2. The fraction of sp³-hybridized carbons (Fsp3) is 0.500. The third-order valence-electron chi connectivity index (χ3n) is 2.95. The molecule has 22 heavy (non-hydrogen) atoms. The Morgan fingerprint density at radius 3 is 2.64 bits per heavy atom. The van der Waals surface area contributed by atoms with Crippen LogP contribution in [0.2, 0.25) is 0 Å². The van der Waals surface area contributed by atoms with Crippen LogP contribution in [-0.4, -0.2) is 48.2 Å². The van der Waals surface area contributed by atoms with Crippen LogP contribution >= 0.6 is 0 Å². The summed E-state index contributed by atoms with van der Waals surface area (Å²) in [6.07, 6.45) is 2.32. The average Bonchev–Trinajstić information content (AvgIpc) is 2.91. The summed E-state index contributed by atoms with van der Waals surface area (Å²) in [5.74, 6) is -2.02. The molecule has 1 aromatic heterocycles. The number of carbonyl (C=O) groups is 3. The molecule has 2 atom stereocenters. The summed E-state index contributed by atoms with van der Waals surface area (Å²) in [6.45, 7) is 3.10. The highest BCUT2D eigenvalue weighted by atomic mass is 16.5. The standard InChI is InChI=1S/C14H20N2O6/c1-9(15-13(20)10-4-5-22-7-10)12(19)16-14(2,8-21-3)6-11(17)18/h4-5,7,9H,6,8H2,1-3H3,(H,15,20)(H,16,19)(H,17,18). The van der Waals surface area contributed by atoms with Gasteiger partial charge in [-0.2, -0.15) is 0 Å². The largest absolute Gasteiger partial charge is 0.481 e. The number of carbonyl (C=O) groups excluding carboxylic acids is 2. The number of rotatable bonds is 8. The molecule has 1 heterocycles. The van der Waals surface area contributed by atoms with Gasteiger partial charge in [0, 0.05) is 7.11 Å². The van der Waals surface area contributed by atoms with Crippen molar-refractivity contribution in [1.82, 2.24) is 10.6 Å². The Balaban J connectivity index is 2.64. The molecule has 0 spiro atoms. The van der Waals surface area contributed by atoms with Crippen LogP contribution in [0.3, 0.4) is 0 Å². The molecule has 0 aliphatic heterocycles. The summed E-state index contributed by atoms with van der Waals surface area (Å²) < 4.78 is 9.74. The molecule has 2 unspecified atom stereocenters. The molecule has 1 aromatic rings. The molecule has 0 fully saturated rings. The van der Waals surface area contributed by atoms with Gasteiger partial charge in [0.1, 0.15) is 12.3 Å². The Morgan fingerprint density at radius 1 is 1.45 bits per heavy atom. The number of carboxylic acid groups (broad SMARTS) is 1. The minimum absolute atomic E-state index is 0.0352. The Bertz CT molecular complexity index is 527. The van der Waals surface area contributed by atoms with Crippen LogP contribution in [0.4, 0.5) is 0 Å². The molecule has 8 nitrogen and oxygen atoms in total. The number of hydrogen-bond donors (Lipinski definition) is 3. The lowest BCUT2D eigenvalue weighted by Gasteiger charge is -2.30. The second kappa shape index (κ2) is 7.60. The van der Waals surface area contributed by atoms with E-state index in [1.807, 2.05) is 0 Å². The van der Waals surface area contributed by atoms with Gasteiger partial charge in [-0.3, -0.25) is 14.4 Å². The number of hydrogen-bond acceptors (Lipinski definition) is 5. The smallest absolute Gasteiger partial charge is 0.305 e. The zero-order chi connectivity index (χ0) is 16.8. The summed E-state index contributed by atoms with van der Waals surface area (Å²) in [7, 11) is 1.41. The number of aliphatic carboxylic acids is 1. The third-order valence-corrected chi connectivity index (χ3v) is 2.95. The number of methoxy groups -OCH3 is 1. The molecule has 8 heteroatoms. The number of nitrogens with one attached hydrogen (secondary N) is 2. The van der Waals surface area contributed by atoms with E-state index in [2.05, 4.69) is 10.6 Å². The van der Waals surface area contributed by atoms with Gasteiger partial charge in [0.05, 0.1) is 30.4 Å². The van der Waals surface area contributed by atoms with Gasteiger partial charge in [-0.1, -0.05) is 0 Å². The van der Waals surface area contributed by atoms with Crippen LogP contribution in [0.25, 0.3) is 0 Å².